The number of imide groups is 2. The van der Waals surface area contributed by atoms with Gasteiger partial charge in [-0.3, -0.25) is 0 Å². The molecule has 0 bridgehead atoms. The van der Waals surface area contributed by atoms with Crippen molar-refractivity contribution in [1.82, 2.24) is 20.4 Å². The maximum atomic E-state index is 12.5. The maximum Gasteiger partial charge on any atom is 0.407 e. The third-order valence-electron chi connectivity index (χ3n) is 7.62. The van der Waals surface area contributed by atoms with Crippen molar-refractivity contribution in [3.63, 3.8) is 0 Å². The molecular weight excluding hydrogens is 736 g/mol. The number of hydrogen-bond donors (Lipinski definition) is 2. The first-order valence-electron chi connectivity index (χ1n) is 18.3. The third-order valence-corrected chi connectivity index (χ3v) is 7.62. The summed E-state index contributed by atoms with van der Waals surface area (Å²) < 4.78 is 30.5. The largest absolute Gasteiger partial charge is 0.458 e. The standard InChI is InChI=1S/C38H56N4O14.2H2/c1-25(2)31(43)51-21-29(22-52-32(44)26(3)4)55-35(47)39-17-13-9-11-15-19-41-37(49)42(38(41)50)20-16-12-10-14-18-40-36(48)56-30(23-53-33(45)27(5)6)24-54-34(46)28(7)8;;/h29-30H,1,3,5,7,9-24H2,2,4,6,8H3,(H,39,47)(H,40,48);2*1H. The lowest BCUT2D eigenvalue weighted by Gasteiger charge is -2.39. The molecule has 1 saturated heterocycles. The fourth-order valence-electron chi connectivity index (χ4n) is 4.46. The third kappa shape index (κ3) is 19.6. The van der Waals surface area contributed by atoms with Crippen LogP contribution in [-0.4, -0.2) is 123 Å². The van der Waals surface area contributed by atoms with Crippen molar-refractivity contribution >= 4 is 48.1 Å². The molecule has 0 saturated carbocycles. The molecule has 6 amide bonds. The molecule has 0 atom stereocenters. The second kappa shape index (κ2) is 26.2. The fourth-order valence-corrected chi connectivity index (χ4v) is 4.46. The van der Waals surface area contributed by atoms with Crippen LogP contribution >= 0.6 is 0 Å². The molecule has 1 heterocycles. The number of unbranched alkanes of at least 4 members (excludes halogenated alkanes) is 6. The summed E-state index contributed by atoms with van der Waals surface area (Å²) in [5.41, 5.74) is 0.624. The maximum absolute atomic E-state index is 12.5. The average molecular weight is 797 g/mol. The molecule has 316 valence electrons. The van der Waals surface area contributed by atoms with Crippen LogP contribution in [0.25, 0.3) is 0 Å². The van der Waals surface area contributed by atoms with E-state index in [1.807, 2.05) is 0 Å². The van der Waals surface area contributed by atoms with Gasteiger partial charge in [0, 0.05) is 51.3 Å². The number of carbonyl (C=O) groups excluding carboxylic acids is 8. The number of amides is 6. The summed E-state index contributed by atoms with van der Waals surface area (Å²) in [4.78, 5) is 98.7. The van der Waals surface area contributed by atoms with Gasteiger partial charge in [0.05, 0.1) is 0 Å². The molecule has 0 aromatic rings. The van der Waals surface area contributed by atoms with Crippen molar-refractivity contribution in [1.29, 1.82) is 0 Å². The molecule has 0 aromatic carbocycles. The predicted molar refractivity (Wildman–Crippen MR) is 205 cm³/mol. The topological polar surface area (TPSA) is 222 Å². The van der Waals surface area contributed by atoms with Crippen molar-refractivity contribution in [2.45, 2.75) is 91.3 Å². The van der Waals surface area contributed by atoms with Crippen molar-refractivity contribution in [3.05, 3.63) is 48.6 Å². The van der Waals surface area contributed by atoms with E-state index in [1.54, 1.807) is 0 Å². The van der Waals surface area contributed by atoms with E-state index >= 15 is 0 Å². The Hall–Kier alpha value is -5.68. The lowest BCUT2D eigenvalue weighted by Crippen LogP contribution is -2.64. The Labute approximate surface area is 330 Å². The monoisotopic (exact) mass is 796 g/mol. The van der Waals surface area contributed by atoms with Crippen LogP contribution in [0.3, 0.4) is 0 Å². The fraction of sp³-hybridized carbons (Fsp3) is 0.579. The molecule has 56 heavy (non-hydrogen) atoms. The molecule has 2 N–H and O–H groups in total. The van der Waals surface area contributed by atoms with Gasteiger partial charge in [-0.05, 0) is 53.4 Å². The molecule has 0 spiro atoms. The van der Waals surface area contributed by atoms with Crippen LogP contribution in [-0.2, 0) is 47.6 Å². The number of esters is 4. The summed E-state index contributed by atoms with van der Waals surface area (Å²) in [6, 6.07) is -0.697. The summed E-state index contributed by atoms with van der Waals surface area (Å²) in [5.74, 6) is -2.73. The van der Waals surface area contributed by atoms with Crippen molar-refractivity contribution in [2.24, 2.45) is 0 Å². The van der Waals surface area contributed by atoms with Crippen LogP contribution in [0.2, 0.25) is 0 Å². The van der Waals surface area contributed by atoms with Crippen LogP contribution < -0.4 is 10.6 Å². The van der Waals surface area contributed by atoms with Crippen LogP contribution in [0.4, 0.5) is 19.2 Å². The molecule has 1 aliphatic heterocycles. The quantitative estimate of drug-likeness (QED) is 0.0454. The molecule has 1 rings (SSSR count). The second-order valence-electron chi connectivity index (χ2n) is 13.1. The Bertz CT molecular complexity index is 1310. The number of carbonyl (C=O) groups is 8. The summed E-state index contributed by atoms with van der Waals surface area (Å²) in [5, 5.41) is 5.17. The molecule has 0 aromatic heterocycles. The number of nitrogens with zero attached hydrogens (tertiary/aromatic N) is 2. The minimum absolute atomic E-state index is 0. The molecule has 0 radical (unpaired) electrons. The smallest absolute Gasteiger partial charge is 0.407 e. The molecule has 1 aliphatic rings. The summed E-state index contributed by atoms with van der Waals surface area (Å²) in [6.45, 7) is 19.5. The van der Waals surface area contributed by atoms with Crippen molar-refractivity contribution in [2.75, 3.05) is 52.6 Å². The van der Waals surface area contributed by atoms with Crippen molar-refractivity contribution in [3.8, 4) is 0 Å². The zero-order valence-corrected chi connectivity index (χ0v) is 32.9. The van der Waals surface area contributed by atoms with Gasteiger partial charge >= 0.3 is 48.1 Å². The Balaban J connectivity index is 0. The highest BCUT2D eigenvalue weighted by Crippen LogP contribution is 2.19. The normalized spacial score (nSPS) is 12.0. The second-order valence-corrected chi connectivity index (χ2v) is 13.1. The summed E-state index contributed by atoms with van der Waals surface area (Å²) >= 11 is 0. The van der Waals surface area contributed by atoms with Gasteiger partial charge in [0.1, 0.15) is 26.4 Å². The molecule has 1 fully saturated rings. The minimum Gasteiger partial charge on any atom is -0.458 e. The van der Waals surface area contributed by atoms with Gasteiger partial charge in [-0.15, -0.1) is 0 Å². The predicted octanol–water partition coefficient (Wildman–Crippen LogP) is 5.12. The molecule has 0 unspecified atom stereocenters. The first kappa shape index (κ1) is 48.3. The van der Waals surface area contributed by atoms with E-state index in [2.05, 4.69) is 36.9 Å². The van der Waals surface area contributed by atoms with E-state index in [0.717, 1.165) is 0 Å². The number of ether oxygens (including phenoxy) is 6. The molecule has 18 heteroatoms. The van der Waals surface area contributed by atoms with Gasteiger partial charge in [-0.25, -0.2) is 48.2 Å². The van der Waals surface area contributed by atoms with Gasteiger partial charge in [0.15, 0.2) is 12.2 Å². The Morgan fingerprint density at radius 3 is 1.04 bits per heavy atom. The number of rotatable bonds is 28. The van der Waals surface area contributed by atoms with E-state index in [1.165, 1.54) is 37.5 Å². The van der Waals surface area contributed by atoms with Crippen LogP contribution in [0.5, 0.6) is 0 Å². The number of hydrogen-bond acceptors (Lipinski definition) is 14. The van der Waals surface area contributed by atoms with Gasteiger partial charge in [0.2, 0.25) is 0 Å². The van der Waals surface area contributed by atoms with E-state index < -0.39 is 48.3 Å². The highest BCUT2D eigenvalue weighted by Gasteiger charge is 2.42. The van der Waals surface area contributed by atoms with Gasteiger partial charge in [-0.2, -0.15) is 0 Å². The van der Waals surface area contributed by atoms with E-state index in [0.29, 0.717) is 51.4 Å². The van der Waals surface area contributed by atoms with E-state index in [4.69, 9.17) is 28.4 Å². The van der Waals surface area contributed by atoms with Crippen LogP contribution in [0.15, 0.2) is 48.6 Å². The Morgan fingerprint density at radius 2 is 0.768 bits per heavy atom. The SMILES string of the molecule is C=C(C)C(=O)OCC(COC(=O)C(=C)C)OC(=O)NCCCCCCN1C(=O)N(CCCCCCNC(=O)OC(COC(=O)C(=C)C)COC(=O)C(=C)C)C1=O.[HH].[HH]. The highest BCUT2D eigenvalue weighted by molar-refractivity contribution is 6.11. The number of nitrogens with one attached hydrogen (secondary N) is 2. The van der Waals surface area contributed by atoms with Gasteiger partial charge < -0.3 is 39.1 Å². The number of urea groups is 2. The Morgan fingerprint density at radius 1 is 0.500 bits per heavy atom. The summed E-state index contributed by atoms with van der Waals surface area (Å²) in [6.07, 6.45) is 1.55. The van der Waals surface area contributed by atoms with Gasteiger partial charge in [0.25, 0.3) is 0 Å². The molecular formula is C38H60N4O14. The first-order chi connectivity index (χ1) is 26.4. The minimum atomic E-state index is -1.05. The van der Waals surface area contributed by atoms with Gasteiger partial charge in [-0.1, -0.05) is 52.0 Å². The zero-order chi connectivity index (χ0) is 42.2. The highest BCUT2D eigenvalue weighted by atomic mass is 16.6. The summed E-state index contributed by atoms with van der Waals surface area (Å²) in [7, 11) is 0. The van der Waals surface area contributed by atoms with E-state index in [9.17, 15) is 38.4 Å². The molecule has 18 nitrogen and oxygen atoms in total. The average Bonchev–Trinajstić information content (AvgIpc) is 3.14. The van der Waals surface area contributed by atoms with Crippen LogP contribution in [0, 0.1) is 0 Å². The Kier molecular flexibility index (Phi) is 22.6. The zero-order valence-electron chi connectivity index (χ0n) is 32.9. The number of alkyl carbamates (subject to hydrolysis) is 2. The lowest BCUT2D eigenvalue weighted by atomic mass is 10.1. The molecule has 0 aliphatic carbocycles. The van der Waals surface area contributed by atoms with Crippen LogP contribution in [0.1, 0.15) is 81.9 Å². The van der Waals surface area contributed by atoms with E-state index in [-0.39, 0.29) is 89.8 Å². The lowest BCUT2D eigenvalue weighted by molar-refractivity contribution is -0.149. The first-order valence-corrected chi connectivity index (χ1v) is 18.3. The van der Waals surface area contributed by atoms with Crippen molar-refractivity contribution < 1.29 is 69.6 Å².